The van der Waals surface area contributed by atoms with E-state index in [4.69, 9.17) is 0 Å². The molecule has 1 aromatic rings. The Kier molecular flexibility index (Phi) is 5.14. The largest absolute Gasteiger partial charge is 0.327 e. The maximum Gasteiger partial charge on any atom is 0.228 e. The zero-order valence-electron chi connectivity index (χ0n) is 14.5. The van der Waals surface area contributed by atoms with E-state index < -0.39 is 0 Å². The molecule has 3 rings (SSSR count). The van der Waals surface area contributed by atoms with Crippen molar-refractivity contribution in [2.45, 2.75) is 45.6 Å². The van der Waals surface area contributed by atoms with Gasteiger partial charge in [0, 0.05) is 37.7 Å². The number of aromatic nitrogens is 1. The van der Waals surface area contributed by atoms with Gasteiger partial charge in [-0.15, -0.1) is 0 Å². The lowest BCUT2D eigenvalue weighted by Crippen LogP contribution is -2.46. The molecule has 6 nitrogen and oxygen atoms in total. The van der Waals surface area contributed by atoms with Crippen LogP contribution in [0.15, 0.2) is 18.3 Å². The number of hydrogen-bond acceptors (Lipinski definition) is 4. The third kappa shape index (κ3) is 3.93. The minimum atomic E-state index is 0.0241. The van der Waals surface area contributed by atoms with Gasteiger partial charge in [0.05, 0.1) is 6.67 Å². The summed E-state index contributed by atoms with van der Waals surface area (Å²) in [5.74, 6) is 0.949. The molecule has 0 spiro atoms. The van der Waals surface area contributed by atoms with Crippen LogP contribution in [0.2, 0.25) is 0 Å². The van der Waals surface area contributed by atoms with Crippen molar-refractivity contribution in [3.05, 3.63) is 23.9 Å². The van der Waals surface area contributed by atoms with Crippen LogP contribution in [-0.2, 0) is 9.59 Å². The number of rotatable bonds is 4. The van der Waals surface area contributed by atoms with Crippen LogP contribution in [0.1, 0.15) is 38.2 Å². The van der Waals surface area contributed by atoms with Crippen molar-refractivity contribution in [3.63, 3.8) is 0 Å². The Hall–Kier alpha value is -1.95. The van der Waals surface area contributed by atoms with Crippen molar-refractivity contribution < 1.29 is 9.59 Å². The Morgan fingerprint density at radius 3 is 2.62 bits per heavy atom. The normalized spacial score (nSPS) is 22.8. The molecule has 0 aliphatic carbocycles. The first-order chi connectivity index (χ1) is 11.5. The fraction of sp³-hybridized carbons (Fsp3) is 0.611. The molecular weight excluding hydrogens is 304 g/mol. The number of aryl methyl sites for hydroxylation is 1. The highest BCUT2D eigenvalue weighted by molar-refractivity contribution is 5.91. The van der Waals surface area contributed by atoms with Crippen LogP contribution in [0.25, 0.3) is 0 Å². The van der Waals surface area contributed by atoms with Crippen molar-refractivity contribution in [3.8, 4) is 0 Å². The minimum absolute atomic E-state index is 0.0241. The second kappa shape index (κ2) is 7.30. The summed E-state index contributed by atoms with van der Waals surface area (Å²) in [6, 6.07) is 4.12. The molecule has 1 unspecified atom stereocenters. The molecule has 0 saturated carbocycles. The standard InChI is InChI=1S/C18H26N4O2/c1-13-3-5-16(19-11-13)20-18(24)15-7-9-21(10-8-15)12-22-14(2)4-6-17(22)23/h3,5,11,14-15H,4,6-10,12H2,1-2H3,(H,19,20,24). The fourth-order valence-electron chi connectivity index (χ4n) is 3.42. The number of anilines is 1. The molecule has 1 atom stereocenters. The van der Waals surface area contributed by atoms with Gasteiger partial charge in [-0.1, -0.05) is 6.07 Å². The predicted molar refractivity (Wildman–Crippen MR) is 92.3 cm³/mol. The number of carbonyl (C=O) groups excluding carboxylic acids is 2. The van der Waals surface area contributed by atoms with Gasteiger partial charge in [-0.25, -0.2) is 4.98 Å². The van der Waals surface area contributed by atoms with E-state index in [-0.39, 0.29) is 17.7 Å². The number of amides is 2. The van der Waals surface area contributed by atoms with Gasteiger partial charge in [-0.3, -0.25) is 14.5 Å². The summed E-state index contributed by atoms with van der Waals surface area (Å²) in [7, 11) is 0. The van der Waals surface area contributed by atoms with Crippen LogP contribution in [0.3, 0.4) is 0 Å². The predicted octanol–water partition coefficient (Wildman–Crippen LogP) is 2.01. The SMILES string of the molecule is Cc1ccc(NC(=O)C2CCN(CN3C(=O)CCC3C)CC2)nc1. The number of nitrogens with one attached hydrogen (secondary N) is 1. The number of carbonyl (C=O) groups is 2. The Labute approximate surface area is 143 Å². The third-order valence-corrected chi connectivity index (χ3v) is 5.10. The Morgan fingerprint density at radius 1 is 1.29 bits per heavy atom. The summed E-state index contributed by atoms with van der Waals surface area (Å²) in [5, 5.41) is 2.91. The van der Waals surface area contributed by atoms with E-state index in [9.17, 15) is 9.59 Å². The summed E-state index contributed by atoms with van der Waals surface area (Å²) in [6.45, 7) is 6.50. The van der Waals surface area contributed by atoms with Crippen LogP contribution in [0.4, 0.5) is 5.82 Å². The lowest BCUT2D eigenvalue weighted by molar-refractivity contribution is -0.131. The van der Waals surface area contributed by atoms with Crippen LogP contribution in [0, 0.1) is 12.8 Å². The van der Waals surface area contributed by atoms with Crippen LogP contribution >= 0.6 is 0 Å². The molecule has 0 bridgehead atoms. The molecule has 0 radical (unpaired) electrons. The van der Waals surface area contributed by atoms with E-state index in [1.165, 1.54) is 0 Å². The molecule has 2 amide bonds. The first-order valence-electron chi connectivity index (χ1n) is 8.78. The quantitative estimate of drug-likeness (QED) is 0.917. The van der Waals surface area contributed by atoms with E-state index in [0.717, 1.165) is 37.9 Å². The van der Waals surface area contributed by atoms with Gasteiger partial charge in [-0.05, 0) is 44.7 Å². The van der Waals surface area contributed by atoms with Gasteiger partial charge < -0.3 is 10.2 Å². The van der Waals surface area contributed by atoms with Crippen LogP contribution < -0.4 is 5.32 Å². The van der Waals surface area contributed by atoms with E-state index in [0.29, 0.717) is 24.9 Å². The molecule has 2 saturated heterocycles. The molecule has 1 aromatic heterocycles. The maximum atomic E-state index is 12.4. The monoisotopic (exact) mass is 330 g/mol. The summed E-state index contributed by atoms with van der Waals surface area (Å²) < 4.78 is 0. The smallest absolute Gasteiger partial charge is 0.228 e. The van der Waals surface area contributed by atoms with Gasteiger partial charge in [0.15, 0.2) is 0 Å². The second-order valence-corrected chi connectivity index (χ2v) is 6.99. The van der Waals surface area contributed by atoms with Gasteiger partial charge in [-0.2, -0.15) is 0 Å². The lowest BCUT2D eigenvalue weighted by atomic mass is 9.96. The van der Waals surface area contributed by atoms with Crippen molar-refractivity contribution in [2.24, 2.45) is 5.92 Å². The number of pyridine rings is 1. The van der Waals surface area contributed by atoms with Gasteiger partial charge in [0.2, 0.25) is 11.8 Å². The summed E-state index contributed by atoms with van der Waals surface area (Å²) in [5.41, 5.74) is 1.08. The van der Waals surface area contributed by atoms with E-state index in [2.05, 4.69) is 22.1 Å². The fourth-order valence-corrected chi connectivity index (χ4v) is 3.42. The Morgan fingerprint density at radius 2 is 2.04 bits per heavy atom. The molecule has 1 N–H and O–H groups in total. The van der Waals surface area contributed by atoms with Gasteiger partial charge >= 0.3 is 0 Å². The topological polar surface area (TPSA) is 65.5 Å². The first kappa shape index (κ1) is 16.9. The van der Waals surface area contributed by atoms with E-state index in [1.54, 1.807) is 6.20 Å². The third-order valence-electron chi connectivity index (χ3n) is 5.10. The zero-order chi connectivity index (χ0) is 17.1. The average Bonchev–Trinajstić information content (AvgIpc) is 2.89. The number of likely N-dealkylation sites (tertiary alicyclic amines) is 2. The second-order valence-electron chi connectivity index (χ2n) is 6.99. The Bertz CT molecular complexity index is 594. The van der Waals surface area contributed by atoms with E-state index in [1.807, 2.05) is 24.0 Å². The van der Waals surface area contributed by atoms with Crippen molar-refractivity contribution in [2.75, 3.05) is 25.1 Å². The van der Waals surface area contributed by atoms with Crippen LogP contribution in [0.5, 0.6) is 0 Å². The highest BCUT2D eigenvalue weighted by atomic mass is 16.2. The molecule has 0 aromatic carbocycles. The van der Waals surface area contributed by atoms with E-state index >= 15 is 0 Å². The van der Waals surface area contributed by atoms with Gasteiger partial charge in [0.25, 0.3) is 0 Å². The highest BCUT2D eigenvalue weighted by Gasteiger charge is 2.31. The molecule has 2 fully saturated rings. The average molecular weight is 330 g/mol. The lowest BCUT2D eigenvalue weighted by Gasteiger charge is -2.35. The van der Waals surface area contributed by atoms with Crippen LogP contribution in [-0.4, -0.2) is 52.4 Å². The summed E-state index contributed by atoms with van der Waals surface area (Å²) in [4.78, 5) is 32.7. The molecule has 2 aliphatic rings. The molecule has 3 heterocycles. The van der Waals surface area contributed by atoms with Crippen molar-refractivity contribution in [1.82, 2.24) is 14.8 Å². The number of nitrogens with zero attached hydrogens (tertiary/aromatic N) is 3. The highest BCUT2D eigenvalue weighted by Crippen LogP contribution is 2.22. The summed E-state index contributed by atoms with van der Waals surface area (Å²) in [6.07, 6.45) is 5.04. The van der Waals surface area contributed by atoms with Gasteiger partial charge in [0.1, 0.15) is 5.82 Å². The maximum absolute atomic E-state index is 12.4. The molecular formula is C18H26N4O2. The Balaban J connectivity index is 1.47. The minimum Gasteiger partial charge on any atom is -0.327 e. The molecule has 6 heteroatoms. The molecule has 2 aliphatic heterocycles. The summed E-state index contributed by atoms with van der Waals surface area (Å²) >= 11 is 0. The van der Waals surface area contributed by atoms with Crippen molar-refractivity contribution >= 4 is 17.6 Å². The first-order valence-corrected chi connectivity index (χ1v) is 8.78. The molecule has 24 heavy (non-hydrogen) atoms. The van der Waals surface area contributed by atoms with Crippen molar-refractivity contribution in [1.29, 1.82) is 0 Å². The number of piperidine rings is 1. The number of hydrogen-bond donors (Lipinski definition) is 1. The zero-order valence-corrected chi connectivity index (χ0v) is 14.5. The molecule has 130 valence electrons.